The average molecular weight is 453 g/mol. The van der Waals surface area contributed by atoms with E-state index in [-0.39, 0.29) is 0 Å². The smallest absolute Gasteiger partial charge is 0.494 e. The molecular weight excluding hydrogens is 420 g/mol. The van der Waals surface area contributed by atoms with Crippen LogP contribution in [0.25, 0.3) is 0 Å². The molecule has 3 aromatic rings. The summed E-state index contributed by atoms with van der Waals surface area (Å²) in [4.78, 5) is 14.3. The van der Waals surface area contributed by atoms with Crippen LogP contribution in [0, 0.1) is 0 Å². The second kappa shape index (κ2) is 12.2. The van der Waals surface area contributed by atoms with Crippen molar-refractivity contribution in [3.8, 4) is 5.75 Å². The van der Waals surface area contributed by atoms with Crippen LogP contribution in [0.4, 0.5) is 4.79 Å². The Labute approximate surface area is 192 Å². The van der Waals surface area contributed by atoms with E-state index in [9.17, 15) is 9.90 Å². The maximum absolute atomic E-state index is 11.8. The van der Waals surface area contributed by atoms with Gasteiger partial charge in [0.1, 0.15) is 5.75 Å². The molecule has 170 valence electrons. The van der Waals surface area contributed by atoms with Gasteiger partial charge in [0.15, 0.2) is 0 Å². The second-order valence-corrected chi connectivity index (χ2v) is 10.3. The van der Waals surface area contributed by atoms with E-state index >= 15 is 0 Å². The van der Waals surface area contributed by atoms with E-state index in [4.69, 9.17) is 8.92 Å². The molecule has 0 bridgehead atoms. The zero-order chi connectivity index (χ0) is 22.7. The van der Waals surface area contributed by atoms with Crippen molar-refractivity contribution in [2.75, 3.05) is 6.61 Å². The highest BCUT2D eigenvalue weighted by Gasteiger charge is 2.35. The van der Waals surface area contributed by atoms with E-state index in [1.807, 2.05) is 84.9 Å². The molecule has 32 heavy (non-hydrogen) atoms. The van der Waals surface area contributed by atoms with Gasteiger partial charge in [-0.2, -0.15) is 0 Å². The highest BCUT2D eigenvalue weighted by molar-refractivity contribution is 8.30. The molecule has 0 aliphatic rings. The summed E-state index contributed by atoms with van der Waals surface area (Å²) in [5, 5.41) is 9.68. The Kier molecular flexibility index (Phi) is 9.05. The summed E-state index contributed by atoms with van der Waals surface area (Å²) in [6.07, 6.45) is 6.02. The molecule has 0 saturated heterocycles. The average Bonchev–Trinajstić information content (AvgIpc) is 2.83. The highest BCUT2D eigenvalue weighted by atomic mass is 32.3. The minimum atomic E-state index is -2.44. The normalized spacial score (nSPS) is 11.7. The van der Waals surface area contributed by atoms with Gasteiger partial charge >= 0.3 is 6.16 Å². The first-order chi connectivity index (χ1) is 15.7. The summed E-state index contributed by atoms with van der Waals surface area (Å²) in [5.41, 5.74) is 0. The maximum Gasteiger partial charge on any atom is 0.517 e. The van der Waals surface area contributed by atoms with E-state index in [1.165, 1.54) is 32.1 Å². The maximum atomic E-state index is 11.8. The lowest BCUT2D eigenvalue weighted by molar-refractivity contribution is 0.150. The number of hydrogen-bond donors (Lipinski definition) is 1. The fourth-order valence-corrected chi connectivity index (χ4v) is 6.60. The molecule has 0 atom stereocenters. The van der Waals surface area contributed by atoms with Crippen LogP contribution in [0.5, 0.6) is 5.75 Å². The molecule has 3 rings (SSSR count). The Hall–Kier alpha value is -2.92. The number of carbonyl (C=O) groups is 1. The molecule has 1 N–H and O–H groups in total. The topological polar surface area (TPSA) is 55.8 Å². The van der Waals surface area contributed by atoms with Crippen LogP contribution < -0.4 is 4.74 Å². The van der Waals surface area contributed by atoms with Gasteiger partial charge < -0.3 is 14.0 Å². The Balaban J connectivity index is 1.83. The summed E-state index contributed by atoms with van der Waals surface area (Å²) in [7, 11) is -2.44. The molecule has 0 radical (unpaired) electrons. The zero-order valence-corrected chi connectivity index (χ0v) is 19.4. The van der Waals surface area contributed by atoms with Crippen LogP contribution in [0.1, 0.15) is 45.4 Å². The molecule has 0 unspecified atom stereocenters. The first-order valence-electron chi connectivity index (χ1n) is 11.3. The lowest BCUT2D eigenvalue weighted by Gasteiger charge is -2.38. The van der Waals surface area contributed by atoms with Crippen molar-refractivity contribution in [3.05, 3.63) is 84.9 Å². The number of unbranched alkanes of at least 4 members (excludes halogenated alkanes) is 5. The van der Waals surface area contributed by atoms with Crippen molar-refractivity contribution >= 4 is 16.5 Å². The molecule has 0 spiro atoms. The predicted octanol–water partition coefficient (Wildman–Crippen LogP) is 8.32. The molecule has 0 aliphatic heterocycles. The number of benzene rings is 3. The lowest BCUT2D eigenvalue weighted by Crippen LogP contribution is -2.12. The van der Waals surface area contributed by atoms with Crippen molar-refractivity contribution in [2.45, 2.75) is 60.1 Å². The largest absolute Gasteiger partial charge is 0.517 e. The molecule has 0 fully saturated rings. The summed E-state index contributed by atoms with van der Waals surface area (Å²) in [5.74, 6) is 0.784. The molecule has 0 amide bonds. The quantitative estimate of drug-likeness (QED) is 0.281. The lowest BCUT2D eigenvalue weighted by atomic mass is 10.1. The van der Waals surface area contributed by atoms with Crippen molar-refractivity contribution in [1.82, 2.24) is 0 Å². The molecule has 3 aromatic carbocycles. The first-order valence-corrected chi connectivity index (χ1v) is 12.8. The van der Waals surface area contributed by atoms with Gasteiger partial charge in [-0.1, -0.05) is 75.4 Å². The van der Waals surface area contributed by atoms with Gasteiger partial charge in [0.2, 0.25) is 0 Å². The van der Waals surface area contributed by atoms with Crippen LogP contribution in [0.2, 0.25) is 0 Å². The summed E-state index contributed by atoms with van der Waals surface area (Å²) >= 11 is 0. The SMILES string of the molecule is CCCCCCCCOc1ccc(S(OC(=O)O)(c2ccccc2)c2ccccc2)cc1. The number of rotatable bonds is 12. The van der Waals surface area contributed by atoms with Gasteiger partial charge in [-0.05, 0) is 65.3 Å². The fraction of sp³-hybridized carbons (Fsp3) is 0.296. The third-order valence-electron chi connectivity index (χ3n) is 5.27. The van der Waals surface area contributed by atoms with E-state index in [0.29, 0.717) is 6.61 Å². The molecule has 4 nitrogen and oxygen atoms in total. The van der Waals surface area contributed by atoms with E-state index < -0.39 is 16.5 Å². The Bertz CT molecular complexity index is 903. The highest BCUT2D eigenvalue weighted by Crippen LogP contribution is 2.69. The predicted molar refractivity (Wildman–Crippen MR) is 130 cm³/mol. The van der Waals surface area contributed by atoms with E-state index in [1.54, 1.807) is 0 Å². The Morgan fingerprint density at radius 1 is 0.719 bits per heavy atom. The fourth-order valence-electron chi connectivity index (χ4n) is 3.68. The standard InChI is InChI=1S/C27H32O4S/c1-2-3-4-5-6-13-22-30-23-18-20-26(21-19-23)32(31-27(28)29,24-14-9-7-10-15-24)25-16-11-8-12-17-25/h7-12,14-21H,2-6,13,22H2,1H3,(H,28,29). The summed E-state index contributed by atoms with van der Waals surface area (Å²) in [6.45, 7) is 2.91. The van der Waals surface area contributed by atoms with Crippen molar-refractivity contribution in [1.29, 1.82) is 0 Å². The number of ether oxygens (including phenoxy) is 1. The van der Waals surface area contributed by atoms with Crippen LogP contribution in [-0.2, 0) is 4.18 Å². The van der Waals surface area contributed by atoms with Gasteiger partial charge in [-0.25, -0.2) is 4.79 Å². The van der Waals surface area contributed by atoms with Gasteiger partial charge in [0.05, 0.1) is 6.61 Å². The van der Waals surface area contributed by atoms with Gasteiger partial charge in [0.25, 0.3) is 0 Å². The van der Waals surface area contributed by atoms with Crippen molar-refractivity contribution in [2.24, 2.45) is 0 Å². The molecule has 0 saturated carbocycles. The van der Waals surface area contributed by atoms with Gasteiger partial charge in [-0.15, -0.1) is 0 Å². The number of carboxylic acid groups (broad SMARTS) is 1. The van der Waals surface area contributed by atoms with Gasteiger partial charge in [0, 0.05) is 14.7 Å². The monoisotopic (exact) mass is 452 g/mol. The van der Waals surface area contributed by atoms with Crippen LogP contribution in [0.3, 0.4) is 0 Å². The van der Waals surface area contributed by atoms with Crippen molar-refractivity contribution in [3.63, 3.8) is 0 Å². The van der Waals surface area contributed by atoms with Crippen LogP contribution >= 0.6 is 10.3 Å². The minimum absolute atomic E-state index is 0.687. The van der Waals surface area contributed by atoms with E-state index in [2.05, 4.69) is 6.92 Å². The summed E-state index contributed by atoms with van der Waals surface area (Å²) < 4.78 is 11.7. The van der Waals surface area contributed by atoms with Crippen molar-refractivity contribution < 1.29 is 18.8 Å². The molecule has 0 aromatic heterocycles. The minimum Gasteiger partial charge on any atom is -0.494 e. The van der Waals surface area contributed by atoms with Gasteiger partial charge in [-0.3, -0.25) is 0 Å². The summed E-state index contributed by atoms with van der Waals surface area (Å²) in [6, 6.07) is 26.8. The number of hydrogen-bond acceptors (Lipinski definition) is 3. The first kappa shape index (κ1) is 23.7. The van der Waals surface area contributed by atoms with Crippen LogP contribution in [0.15, 0.2) is 99.6 Å². The molecule has 5 heteroatoms. The third-order valence-corrected chi connectivity index (χ3v) is 8.47. The third kappa shape index (κ3) is 6.07. The molecule has 0 aliphatic carbocycles. The molecular formula is C27H32O4S. The zero-order valence-electron chi connectivity index (χ0n) is 18.6. The van der Waals surface area contributed by atoms with Crippen LogP contribution in [-0.4, -0.2) is 17.9 Å². The molecule has 0 heterocycles. The van der Waals surface area contributed by atoms with E-state index in [0.717, 1.165) is 26.9 Å². The Morgan fingerprint density at radius 3 is 1.75 bits per heavy atom. The Morgan fingerprint density at radius 2 is 1.22 bits per heavy atom. The second-order valence-electron chi connectivity index (χ2n) is 7.62.